The Morgan fingerprint density at radius 3 is 2.62 bits per heavy atom. The van der Waals surface area contributed by atoms with Gasteiger partial charge in [-0.3, -0.25) is 10.1 Å². The van der Waals surface area contributed by atoms with Crippen LogP contribution in [0.3, 0.4) is 0 Å². The van der Waals surface area contributed by atoms with Gasteiger partial charge in [0.2, 0.25) is 5.95 Å². The number of nitrogens with zero attached hydrogens (tertiary/aromatic N) is 3. The number of nitrogens with one attached hydrogen (secondary N) is 1. The van der Waals surface area contributed by atoms with Gasteiger partial charge in [-0.05, 0) is 6.42 Å². The van der Waals surface area contributed by atoms with Crippen molar-refractivity contribution in [2.75, 3.05) is 19.0 Å². The molecule has 1 N–H and O–H groups in total. The van der Waals surface area contributed by atoms with Gasteiger partial charge in [-0.2, -0.15) is 0 Å². The molecule has 0 radical (unpaired) electrons. The van der Waals surface area contributed by atoms with E-state index in [9.17, 15) is 10.1 Å². The van der Waals surface area contributed by atoms with Gasteiger partial charge in [-0.15, -0.1) is 0 Å². The number of hydrogen-bond donors (Lipinski definition) is 1. The van der Waals surface area contributed by atoms with E-state index in [4.69, 9.17) is 4.74 Å². The Morgan fingerprint density at radius 2 is 2.19 bits per heavy atom. The lowest BCUT2D eigenvalue weighted by atomic mass is 10.2. The van der Waals surface area contributed by atoms with Crippen molar-refractivity contribution in [1.82, 2.24) is 9.97 Å². The highest BCUT2D eigenvalue weighted by Gasteiger charge is 2.10. The molecule has 16 heavy (non-hydrogen) atoms. The molecule has 1 atom stereocenters. The van der Waals surface area contributed by atoms with Crippen LogP contribution in [-0.4, -0.2) is 34.6 Å². The minimum Gasteiger partial charge on any atom is -0.383 e. The average Bonchev–Trinajstić information content (AvgIpc) is 2.29. The maximum Gasteiger partial charge on any atom is 0.305 e. The SMILES string of the molecule is CCC(COC)Nc1ncc([N+](=O)[O-])cn1. The van der Waals surface area contributed by atoms with Gasteiger partial charge < -0.3 is 10.1 Å². The van der Waals surface area contributed by atoms with Gasteiger partial charge in [0.15, 0.2) is 0 Å². The summed E-state index contributed by atoms with van der Waals surface area (Å²) < 4.78 is 5.00. The molecule has 0 amide bonds. The Bertz CT molecular complexity index is 341. The lowest BCUT2D eigenvalue weighted by Crippen LogP contribution is -2.25. The average molecular weight is 226 g/mol. The summed E-state index contributed by atoms with van der Waals surface area (Å²) in [5.74, 6) is 0.370. The molecule has 0 aliphatic heterocycles. The molecule has 1 unspecified atom stereocenters. The largest absolute Gasteiger partial charge is 0.383 e. The quantitative estimate of drug-likeness (QED) is 0.579. The van der Waals surface area contributed by atoms with Gasteiger partial charge >= 0.3 is 5.69 Å². The smallest absolute Gasteiger partial charge is 0.305 e. The maximum atomic E-state index is 10.4. The van der Waals surface area contributed by atoms with Crippen molar-refractivity contribution in [2.45, 2.75) is 19.4 Å². The molecule has 0 aromatic carbocycles. The molecular weight excluding hydrogens is 212 g/mol. The zero-order valence-corrected chi connectivity index (χ0v) is 9.21. The summed E-state index contributed by atoms with van der Waals surface area (Å²) in [6.07, 6.45) is 3.21. The molecule has 1 aromatic heterocycles. The summed E-state index contributed by atoms with van der Waals surface area (Å²) in [5.41, 5.74) is -0.120. The molecule has 0 saturated heterocycles. The van der Waals surface area contributed by atoms with Gasteiger partial charge in [0, 0.05) is 7.11 Å². The first kappa shape index (κ1) is 12.3. The van der Waals surface area contributed by atoms with E-state index in [1.54, 1.807) is 7.11 Å². The molecular formula is C9H14N4O3. The minimum atomic E-state index is -0.532. The first-order valence-corrected chi connectivity index (χ1v) is 4.89. The Morgan fingerprint density at radius 1 is 1.56 bits per heavy atom. The van der Waals surface area contributed by atoms with Gasteiger partial charge in [0.25, 0.3) is 0 Å². The first-order valence-electron chi connectivity index (χ1n) is 4.89. The predicted octanol–water partition coefficient (Wildman–Crippen LogP) is 1.22. The molecule has 1 heterocycles. The standard InChI is InChI=1S/C9H14N4O3/c1-3-7(6-16-2)12-9-10-4-8(5-11-9)13(14)15/h4-5,7H,3,6H2,1-2H3,(H,10,11,12). The van der Waals surface area contributed by atoms with Crippen LogP contribution in [0.5, 0.6) is 0 Å². The normalized spacial score (nSPS) is 12.1. The van der Waals surface area contributed by atoms with Gasteiger partial charge in [0.05, 0.1) is 17.6 Å². The van der Waals surface area contributed by atoms with Crippen molar-refractivity contribution >= 4 is 11.6 Å². The van der Waals surface area contributed by atoms with Crippen LogP contribution in [0, 0.1) is 10.1 Å². The summed E-state index contributed by atoms with van der Waals surface area (Å²) in [7, 11) is 1.61. The highest BCUT2D eigenvalue weighted by atomic mass is 16.6. The Hall–Kier alpha value is -1.76. The number of aromatic nitrogens is 2. The van der Waals surface area contributed by atoms with Crippen LogP contribution in [0.1, 0.15) is 13.3 Å². The van der Waals surface area contributed by atoms with E-state index in [1.165, 1.54) is 12.4 Å². The van der Waals surface area contributed by atoms with Crippen LogP contribution in [0.15, 0.2) is 12.4 Å². The third kappa shape index (κ3) is 3.43. The number of rotatable bonds is 6. The number of nitro groups is 1. The fraction of sp³-hybridized carbons (Fsp3) is 0.556. The van der Waals surface area contributed by atoms with Gasteiger partial charge in [-0.25, -0.2) is 9.97 Å². The third-order valence-electron chi connectivity index (χ3n) is 2.04. The van der Waals surface area contributed by atoms with Crippen molar-refractivity contribution in [3.63, 3.8) is 0 Å². The van der Waals surface area contributed by atoms with Gasteiger partial charge in [-0.1, -0.05) is 6.92 Å². The van der Waals surface area contributed by atoms with Crippen LogP contribution < -0.4 is 5.32 Å². The summed E-state index contributed by atoms with van der Waals surface area (Å²) in [6.45, 7) is 2.54. The Balaban J connectivity index is 2.63. The first-order chi connectivity index (χ1) is 7.67. The van der Waals surface area contributed by atoms with E-state index in [0.717, 1.165) is 6.42 Å². The molecule has 0 saturated carbocycles. The van der Waals surface area contributed by atoms with E-state index in [1.807, 2.05) is 6.92 Å². The fourth-order valence-corrected chi connectivity index (χ4v) is 1.14. The molecule has 0 fully saturated rings. The third-order valence-corrected chi connectivity index (χ3v) is 2.04. The second-order valence-electron chi connectivity index (χ2n) is 3.23. The van der Waals surface area contributed by atoms with E-state index >= 15 is 0 Å². The lowest BCUT2D eigenvalue weighted by molar-refractivity contribution is -0.385. The van der Waals surface area contributed by atoms with Crippen LogP contribution in [0.4, 0.5) is 11.6 Å². The molecule has 0 bridgehead atoms. The molecule has 0 aliphatic rings. The highest BCUT2D eigenvalue weighted by Crippen LogP contribution is 2.09. The lowest BCUT2D eigenvalue weighted by Gasteiger charge is -2.15. The molecule has 1 rings (SSSR count). The fourth-order valence-electron chi connectivity index (χ4n) is 1.14. The van der Waals surface area contributed by atoms with Gasteiger partial charge in [0.1, 0.15) is 12.4 Å². The van der Waals surface area contributed by atoms with Crippen molar-refractivity contribution in [1.29, 1.82) is 0 Å². The zero-order chi connectivity index (χ0) is 12.0. The van der Waals surface area contributed by atoms with E-state index < -0.39 is 4.92 Å². The summed E-state index contributed by atoms with van der Waals surface area (Å²) in [6, 6.07) is 0.103. The second kappa shape index (κ2) is 5.96. The predicted molar refractivity (Wildman–Crippen MR) is 58.3 cm³/mol. The Labute approximate surface area is 93.0 Å². The van der Waals surface area contributed by atoms with E-state index in [-0.39, 0.29) is 11.7 Å². The number of methoxy groups -OCH3 is 1. The van der Waals surface area contributed by atoms with Crippen LogP contribution in [0.25, 0.3) is 0 Å². The summed E-state index contributed by atoms with van der Waals surface area (Å²) in [5, 5.41) is 13.4. The van der Waals surface area contributed by atoms with E-state index in [0.29, 0.717) is 12.6 Å². The van der Waals surface area contributed by atoms with Crippen molar-refractivity contribution < 1.29 is 9.66 Å². The van der Waals surface area contributed by atoms with Crippen molar-refractivity contribution in [2.24, 2.45) is 0 Å². The number of ether oxygens (including phenoxy) is 1. The summed E-state index contributed by atoms with van der Waals surface area (Å²) in [4.78, 5) is 17.5. The molecule has 7 heteroatoms. The summed E-state index contributed by atoms with van der Waals surface area (Å²) >= 11 is 0. The minimum absolute atomic E-state index is 0.103. The van der Waals surface area contributed by atoms with Crippen LogP contribution in [-0.2, 0) is 4.74 Å². The zero-order valence-electron chi connectivity index (χ0n) is 9.21. The molecule has 88 valence electrons. The van der Waals surface area contributed by atoms with Crippen molar-refractivity contribution in [3.05, 3.63) is 22.5 Å². The number of anilines is 1. The molecule has 0 spiro atoms. The molecule has 0 aliphatic carbocycles. The Kier molecular flexibility index (Phi) is 4.59. The topological polar surface area (TPSA) is 90.2 Å². The molecule has 1 aromatic rings. The second-order valence-corrected chi connectivity index (χ2v) is 3.23. The van der Waals surface area contributed by atoms with Crippen LogP contribution >= 0.6 is 0 Å². The van der Waals surface area contributed by atoms with Crippen molar-refractivity contribution in [3.8, 4) is 0 Å². The number of hydrogen-bond acceptors (Lipinski definition) is 6. The maximum absolute atomic E-state index is 10.4. The monoisotopic (exact) mass is 226 g/mol. The van der Waals surface area contributed by atoms with Crippen LogP contribution in [0.2, 0.25) is 0 Å². The molecule has 7 nitrogen and oxygen atoms in total. The van der Waals surface area contributed by atoms with E-state index in [2.05, 4.69) is 15.3 Å². The highest BCUT2D eigenvalue weighted by molar-refractivity contribution is 5.31.